The number of aromatic amines is 1. The SMILES string of the molecule is CC(C)c1[nH]nc(C(=O)Nc2cc(F)cc(F)c2)c1N. The number of hydrogen-bond donors (Lipinski definition) is 3. The summed E-state index contributed by atoms with van der Waals surface area (Å²) in [6, 6.07) is 2.73. The number of nitrogens with zero attached hydrogens (tertiary/aromatic N) is 1. The van der Waals surface area contributed by atoms with E-state index in [0.717, 1.165) is 18.2 Å². The van der Waals surface area contributed by atoms with E-state index in [9.17, 15) is 13.6 Å². The highest BCUT2D eigenvalue weighted by molar-refractivity contribution is 6.06. The molecule has 0 radical (unpaired) electrons. The molecule has 2 aromatic rings. The monoisotopic (exact) mass is 280 g/mol. The Bertz CT molecular complexity index is 632. The molecule has 1 aromatic heterocycles. The zero-order valence-corrected chi connectivity index (χ0v) is 11.0. The first-order valence-corrected chi connectivity index (χ1v) is 5.99. The van der Waals surface area contributed by atoms with Crippen molar-refractivity contribution in [2.75, 3.05) is 11.1 Å². The van der Waals surface area contributed by atoms with E-state index in [1.807, 2.05) is 13.8 Å². The van der Waals surface area contributed by atoms with E-state index in [1.165, 1.54) is 0 Å². The van der Waals surface area contributed by atoms with E-state index >= 15 is 0 Å². The Hall–Kier alpha value is -2.44. The van der Waals surface area contributed by atoms with Gasteiger partial charge in [-0.15, -0.1) is 0 Å². The van der Waals surface area contributed by atoms with Crippen molar-refractivity contribution in [3.05, 3.63) is 41.2 Å². The predicted molar refractivity (Wildman–Crippen MR) is 71.4 cm³/mol. The van der Waals surface area contributed by atoms with E-state index in [2.05, 4.69) is 15.5 Å². The summed E-state index contributed by atoms with van der Waals surface area (Å²) < 4.78 is 26.1. The van der Waals surface area contributed by atoms with Gasteiger partial charge in [-0.1, -0.05) is 13.8 Å². The number of nitrogen functional groups attached to an aromatic ring is 1. The normalized spacial score (nSPS) is 10.8. The Balaban J connectivity index is 2.24. The maximum absolute atomic E-state index is 13.0. The zero-order chi connectivity index (χ0) is 14.9. The minimum atomic E-state index is -0.779. The van der Waals surface area contributed by atoms with E-state index in [-0.39, 0.29) is 23.0 Å². The lowest BCUT2D eigenvalue weighted by molar-refractivity contribution is 0.102. The van der Waals surface area contributed by atoms with Crippen molar-refractivity contribution < 1.29 is 13.6 Å². The molecule has 0 fully saturated rings. The molecule has 0 saturated heterocycles. The summed E-state index contributed by atoms with van der Waals surface area (Å²) in [4.78, 5) is 12.0. The van der Waals surface area contributed by atoms with Gasteiger partial charge in [-0.2, -0.15) is 5.10 Å². The van der Waals surface area contributed by atoms with Crippen molar-refractivity contribution >= 4 is 17.3 Å². The minimum absolute atomic E-state index is 0.000923. The van der Waals surface area contributed by atoms with E-state index in [1.54, 1.807) is 0 Å². The summed E-state index contributed by atoms with van der Waals surface area (Å²) in [5.74, 6) is -2.11. The quantitative estimate of drug-likeness (QED) is 0.808. The number of anilines is 2. The molecule has 0 atom stereocenters. The van der Waals surface area contributed by atoms with Crippen molar-refractivity contribution in [3.8, 4) is 0 Å². The van der Waals surface area contributed by atoms with Gasteiger partial charge < -0.3 is 11.1 Å². The number of H-pyrrole nitrogens is 1. The van der Waals surface area contributed by atoms with Gasteiger partial charge in [0.05, 0.1) is 11.4 Å². The summed E-state index contributed by atoms with van der Waals surface area (Å²) in [5, 5.41) is 8.86. The highest BCUT2D eigenvalue weighted by atomic mass is 19.1. The second-order valence-electron chi connectivity index (χ2n) is 4.67. The van der Waals surface area contributed by atoms with Crippen LogP contribution in [0.5, 0.6) is 0 Å². The molecule has 106 valence electrons. The molecule has 20 heavy (non-hydrogen) atoms. The largest absolute Gasteiger partial charge is 0.395 e. The van der Waals surface area contributed by atoms with Crippen LogP contribution in [0.1, 0.15) is 35.9 Å². The Kier molecular flexibility index (Phi) is 3.69. The van der Waals surface area contributed by atoms with Crippen LogP contribution in [-0.2, 0) is 0 Å². The second kappa shape index (κ2) is 5.28. The van der Waals surface area contributed by atoms with Gasteiger partial charge in [0.1, 0.15) is 11.6 Å². The first-order valence-electron chi connectivity index (χ1n) is 5.99. The molecule has 1 aromatic carbocycles. The lowest BCUT2D eigenvalue weighted by Gasteiger charge is -2.05. The number of benzene rings is 1. The highest BCUT2D eigenvalue weighted by Crippen LogP contribution is 2.23. The van der Waals surface area contributed by atoms with E-state index < -0.39 is 17.5 Å². The van der Waals surface area contributed by atoms with E-state index in [4.69, 9.17) is 5.73 Å². The Morgan fingerprint density at radius 2 is 1.90 bits per heavy atom. The molecule has 4 N–H and O–H groups in total. The molecule has 5 nitrogen and oxygen atoms in total. The number of nitrogens with two attached hydrogens (primary N) is 1. The van der Waals surface area contributed by atoms with Crippen LogP contribution < -0.4 is 11.1 Å². The number of carbonyl (C=O) groups is 1. The molecule has 0 spiro atoms. The van der Waals surface area contributed by atoms with Crippen LogP contribution in [0.2, 0.25) is 0 Å². The topological polar surface area (TPSA) is 83.8 Å². The number of aromatic nitrogens is 2. The van der Waals surface area contributed by atoms with Crippen LogP contribution in [0, 0.1) is 11.6 Å². The van der Waals surface area contributed by atoms with Crippen molar-refractivity contribution in [2.45, 2.75) is 19.8 Å². The van der Waals surface area contributed by atoms with Crippen LogP contribution in [0.4, 0.5) is 20.2 Å². The van der Waals surface area contributed by atoms with Crippen molar-refractivity contribution in [1.29, 1.82) is 0 Å². The molecule has 0 unspecified atom stereocenters. The molecule has 0 bridgehead atoms. The lowest BCUT2D eigenvalue weighted by atomic mass is 10.1. The molecule has 2 rings (SSSR count). The third-order valence-electron chi connectivity index (χ3n) is 2.75. The maximum atomic E-state index is 13.0. The molecular weight excluding hydrogens is 266 g/mol. The number of carbonyl (C=O) groups excluding carboxylic acids is 1. The summed E-state index contributed by atoms with van der Waals surface area (Å²) in [7, 11) is 0. The Labute approximate surface area is 114 Å². The summed E-state index contributed by atoms with van der Waals surface area (Å²) >= 11 is 0. The van der Waals surface area contributed by atoms with Gasteiger partial charge in [-0.05, 0) is 18.1 Å². The molecule has 7 heteroatoms. The molecule has 0 aliphatic rings. The number of amides is 1. The van der Waals surface area contributed by atoms with Gasteiger partial charge in [0, 0.05) is 11.8 Å². The van der Waals surface area contributed by atoms with Gasteiger partial charge >= 0.3 is 0 Å². The third-order valence-corrected chi connectivity index (χ3v) is 2.75. The maximum Gasteiger partial charge on any atom is 0.278 e. The fourth-order valence-corrected chi connectivity index (χ4v) is 1.79. The van der Waals surface area contributed by atoms with Crippen LogP contribution in [0.25, 0.3) is 0 Å². The summed E-state index contributed by atoms with van der Waals surface area (Å²) in [5.41, 5.74) is 6.69. The van der Waals surface area contributed by atoms with Crippen molar-refractivity contribution in [2.24, 2.45) is 0 Å². The molecule has 0 aliphatic heterocycles. The van der Waals surface area contributed by atoms with Gasteiger partial charge in [0.25, 0.3) is 5.91 Å². The lowest BCUT2D eigenvalue weighted by Crippen LogP contribution is -2.14. The zero-order valence-electron chi connectivity index (χ0n) is 11.0. The van der Waals surface area contributed by atoms with Crippen LogP contribution in [0.15, 0.2) is 18.2 Å². The predicted octanol–water partition coefficient (Wildman–Crippen LogP) is 2.65. The van der Waals surface area contributed by atoms with Gasteiger partial charge in [-0.25, -0.2) is 8.78 Å². The standard InChI is InChI=1S/C13H14F2N4O/c1-6(2)11-10(16)12(19-18-11)13(20)17-9-4-7(14)3-8(15)5-9/h3-6H,16H2,1-2H3,(H,17,20)(H,18,19). The number of hydrogen-bond acceptors (Lipinski definition) is 3. The second-order valence-corrected chi connectivity index (χ2v) is 4.67. The summed E-state index contributed by atoms with van der Waals surface area (Å²) in [6.45, 7) is 3.79. The first-order chi connectivity index (χ1) is 9.38. The van der Waals surface area contributed by atoms with Crippen molar-refractivity contribution in [1.82, 2.24) is 10.2 Å². The highest BCUT2D eigenvalue weighted by Gasteiger charge is 2.19. The number of halogens is 2. The average molecular weight is 280 g/mol. The number of nitrogens with one attached hydrogen (secondary N) is 2. The average Bonchev–Trinajstić information content (AvgIpc) is 2.69. The third kappa shape index (κ3) is 2.76. The Morgan fingerprint density at radius 3 is 2.40 bits per heavy atom. The molecular formula is C13H14F2N4O. The first kappa shape index (κ1) is 14.0. The smallest absolute Gasteiger partial charge is 0.278 e. The van der Waals surface area contributed by atoms with Crippen LogP contribution >= 0.6 is 0 Å². The fraction of sp³-hybridized carbons (Fsp3) is 0.231. The van der Waals surface area contributed by atoms with Gasteiger partial charge in [0.15, 0.2) is 5.69 Å². The van der Waals surface area contributed by atoms with Crippen molar-refractivity contribution in [3.63, 3.8) is 0 Å². The molecule has 1 amide bonds. The molecule has 1 heterocycles. The molecule has 0 aliphatic carbocycles. The minimum Gasteiger partial charge on any atom is -0.395 e. The summed E-state index contributed by atoms with van der Waals surface area (Å²) in [6.07, 6.45) is 0. The number of rotatable bonds is 3. The van der Waals surface area contributed by atoms with E-state index in [0.29, 0.717) is 5.69 Å². The van der Waals surface area contributed by atoms with Gasteiger partial charge in [-0.3, -0.25) is 9.89 Å². The van der Waals surface area contributed by atoms with Crippen LogP contribution in [0.3, 0.4) is 0 Å². The fourth-order valence-electron chi connectivity index (χ4n) is 1.79. The molecule has 0 saturated carbocycles. The van der Waals surface area contributed by atoms with Crippen LogP contribution in [-0.4, -0.2) is 16.1 Å². The Morgan fingerprint density at radius 1 is 1.30 bits per heavy atom. The van der Waals surface area contributed by atoms with Gasteiger partial charge in [0.2, 0.25) is 0 Å².